The summed E-state index contributed by atoms with van der Waals surface area (Å²) in [5, 5.41) is 21.4. The van der Waals surface area contributed by atoms with Gasteiger partial charge in [0.15, 0.2) is 0 Å². The summed E-state index contributed by atoms with van der Waals surface area (Å²) in [6.07, 6.45) is 6.47. The molecule has 0 radical (unpaired) electrons. The van der Waals surface area contributed by atoms with Crippen LogP contribution in [0.25, 0.3) is 0 Å². The Kier molecular flexibility index (Phi) is 8.84. The van der Waals surface area contributed by atoms with Crippen LogP contribution in [0, 0.1) is 0 Å². The summed E-state index contributed by atoms with van der Waals surface area (Å²) < 4.78 is 13.0. The first-order chi connectivity index (χ1) is 13.1. The van der Waals surface area contributed by atoms with E-state index in [-0.39, 0.29) is 11.5 Å². The fourth-order valence-corrected chi connectivity index (χ4v) is 6.20. The second kappa shape index (κ2) is 11.1. The molecule has 0 atom stereocenters. The molecule has 0 aliphatic rings. The van der Waals surface area contributed by atoms with E-state index < -0.39 is 8.56 Å². The van der Waals surface area contributed by atoms with Gasteiger partial charge >= 0.3 is 8.56 Å². The van der Waals surface area contributed by atoms with Gasteiger partial charge in [0.25, 0.3) is 0 Å². The third-order valence-electron chi connectivity index (χ3n) is 4.60. The third kappa shape index (κ3) is 6.09. The number of hydrogen-bond donors (Lipinski definition) is 2. The third-order valence-corrected chi connectivity index (χ3v) is 8.01. The minimum absolute atomic E-state index is 0.226. The van der Waals surface area contributed by atoms with Crippen molar-refractivity contribution < 1.29 is 19.1 Å². The van der Waals surface area contributed by atoms with Gasteiger partial charge in [0.2, 0.25) is 0 Å². The number of benzene rings is 2. The maximum absolute atomic E-state index is 9.72. The Morgan fingerprint density at radius 3 is 1.33 bits per heavy atom. The van der Waals surface area contributed by atoms with Gasteiger partial charge in [-0.1, -0.05) is 63.8 Å². The van der Waals surface area contributed by atoms with E-state index in [1.807, 2.05) is 24.3 Å². The van der Waals surface area contributed by atoms with E-state index >= 15 is 0 Å². The molecule has 27 heavy (non-hydrogen) atoms. The van der Waals surface area contributed by atoms with E-state index in [4.69, 9.17) is 8.85 Å². The predicted molar refractivity (Wildman–Crippen MR) is 112 cm³/mol. The highest BCUT2D eigenvalue weighted by Crippen LogP contribution is 2.16. The van der Waals surface area contributed by atoms with Crippen LogP contribution in [0.15, 0.2) is 48.5 Å². The number of phenols is 2. The Morgan fingerprint density at radius 1 is 0.630 bits per heavy atom. The minimum atomic E-state index is -2.92. The maximum Gasteiger partial charge on any atom is 0.407 e. The maximum atomic E-state index is 9.72. The van der Waals surface area contributed by atoms with Gasteiger partial charge in [-0.25, -0.2) is 0 Å². The van der Waals surface area contributed by atoms with Crippen LogP contribution in [0.2, 0.25) is 0 Å². The van der Waals surface area contributed by atoms with Crippen LogP contribution in [-0.4, -0.2) is 32.0 Å². The average molecular weight is 389 g/mol. The van der Waals surface area contributed by atoms with Gasteiger partial charge in [-0.05, 0) is 47.5 Å². The molecule has 0 amide bonds. The van der Waals surface area contributed by atoms with E-state index in [1.165, 1.54) is 0 Å². The van der Waals surface area contributed by atoms with Crippen molar-refractivity contribution in [2.24, 2.45) is 0 Å². The highest BCUT2D eigenvalue weighted by atomic mass is 28.4. The Morgan fingerprint density at radius 2 is 1.00 bits per heavy atom. The molecule has 5 heteroatoms. The van der Waals surface area contributed by atoms with Crippen LogP contribution in [0.4, 0.5) is 0 Å². The molecule has 148 valence electrons. The number of phenolic OH excluding ortho intramolecular Hbond substituents is 2. The van der Waals surface area contributed by atoms with Crippen molar-refractivity contribution in [2.45, 2.75) is 52.4 Å². The molecular formula is C22H32O4Si. The first kappa shape index (κ1) is 21.5. The molecule has 0 saturated carbocycles. The largest absolute Gasteiger partial charge is 0.508 e. The topological polar surface area (TPSA) is 58.9 Å². The van der Waals surface area contributed by atoms with E-state index in [0.717, 1.165) is 48.9 Å². The molecule has 0 fully saturated rings. The van der Waals surface area contributed by atoms with Crippen molar-refractivity contribution in [3.63, 3.8) is 0 Å². The van der Waals surface area contributed by atoms with E-state index in [0.29, 0.717) is 13.2 Å². The number of aromatic hydroxyl groups is 2. The zero-order chi connectivity index (χ0) is 19.5. The predicted octanol–water partition coefficient (Wildman–Crippen LogP) is 4.07. The molecule has 0 saturated heterocycles. The Labute approximate surface area is 164 Å². The van der Waals surface area contributed by atoms with Crippen molar-refractivity contribution >= 4 is 18.9 Å². The Balaban J connectivity index is 2.38. The summed E-state index contributed by atoms with van der Waals surface area (Å²) in [6.45, 7) is 5.61. The normalized spacial score (nSPS) is 11.6. The number of hydrogen-bond acceptors (Lipinski definition) is 4. The van der Waals surface area contributed by atoms with E-state index in [2.05, 4.69) is 13.8 Å². The molecule has 0 aliphatic heterocycles. The van der Waals surface area contributed by atoms with Gasteiger partial charge in [-0.15, -0.1) is 0 Å². The van der Waals surface area contributed by atoms with Crippen molar-refractivity contribution in [3.05, 3.63) is 48.5 Å². The Bertz CT molecular complexity index is 596. The van der Waals surface area contributed by atoms with Gasteiger partial charge < -0.3 is 19.1 Å². The molecule has 4 nitrogen and oxygen atoms in total. The second-order valence-corrected chi connectivity index (χ2v) is 9.79. The molecule has 0 heterocycles. The average Bonchev–Trinajstić information content (AvgIpc) is 2.68. The van der Waals surface area contributed by atoms with E-state index in [1.54, 1.807) is 24.3 Å². The monoisotopic (exact) mass is 388 g/mol. The lowest BCUT2D eigenvalue weighted by molar-refractivity contribution is 0.185. The highest BCUT2D eigenvalue weighted by Gasteiger charge is 2.42. The first-order valence-electron chi connectivity index (χ1n) is 9.99. The van der Waals surface area contributed by atoms with Crippen LogP contribution in [0.5, 0.6) is 11.5 Å². The van der Waals surface area contributed by atoms with Crippen molar-refractivity contribution in [3.8, 4) is 11.5 Å². The zero-order valence-electron chi connectivity index (χ0n) is 16.5. The fourth-order valence-electron chi connectivity index (χ4n) is 3.04. The van der Waals surface area contributed by atoms with Crippen LogP contribution < -0.4 is 10.4 Å². The molecule has 0 unspecified atom stereocenters. The highest BCUT2D eigenvalue weighted by molar-refractivity contribution is 6.92. The Hall–Kier alpha value is -1.82. The molecule has 2 aromatic carbocycles. The van der Waals surface area contributed by atoms with Crippen molar-refractivity contribution in [2.75, 3.05) is 13.2 Å². The van der Waals surface area contributed by atoms with Crippen LogP contribution in [-0.2, 0) is 8.85 Å². The van der Waals surface area contributed by atoms with E-state index in [9.17, 15) is 10.2 Å². The van der Waals surface area contributed by atoms with Crippen molar-refractivity contribution in [1.29, 1.82) is 0 Å². The lowest BCUT2D eigenvalue weighted by Crippen LogP contribution is -2.63. The molecule has 0 spiro atoms. The molecule has 2 N–H and O–H groups in total. The fraction of sp³-hybridized carbons (Fsp3) is 0.455. The number of unbranched alkanes of at least 4 members (excludes halogenated alkanes) is 4. The summed E-state index contributed by atoms with van der Waals surface area (Å²) >= 11 is 0. The van der Waals surface area contributed by atoms with Crippen molar-refractivity contribution in [1.82, 2.24) is 0 Å². The standard InChI is InChI=1S/C22H32O4Si/c1-3-5-7-17-25-27(26-18-8-6-4-2,21-13-9-19(23)10-14-21)22-15-11-20(24)12-16-22/h9-16,23-24H,3-8,17-18H2,1-2H3. The number of rotatable bonds is 12. The smallest absolute Gasteiger partial charge is 0.407 e. The SMILES string of the molecule is CCCCCO[Si](OCCCCC)(c1ccc(O)cc1)c1ccc(O)cc1. The van der Waals surface area contributed by atoms with Gasteiger partial charge in [0.05, 0.1) is 0 Å². The quantitative estimate of drug-likeness (QED) is 0.425. The van der Waals surface area contributed by atoms with Gasteiger partial charge in [-0.3, -0.25) is 0 Å². The first-order valence-corrected chi connectivity index (χ1v) is 11.8. The molecule has 0 bridgehead atoms. The minimum Gasteiger partial charge on any atom is -0.508 e. The van der Waals surface area contributed by atoms with Crippen LogP contribution >= 0.6 is 0 Å². The summed E-state index contributed by atoms with van der Waals surface area (Å²) in [6, 6.07) is 14.3. The molecule has 2 rings (SSSR count). The van der Waals surface area contributed by atoms with Gasteiger partial charge in [0.1, 0.15) is 11.5 Å². The zero-order valence-corrected chi connectivity index (χ0v) is 17.5. The van der Waals surface area contributed by atoms with Gasteiger partial charge in [-0.2, -0.15) is 0 Å². The molecule has 0 aromatic heterocycles. The lowest BCUT2D eigenvalue weighted by Gasteiger charge is -2.32. The molecular weight excluding hydrogens is 356 g/mol. The summed E-state index contributed by atoms with van der Waals surface area (Å²) in [5.41, 5.74) is 0. The summed E-state index contributed by atoms with van der Waals surface area (Å²) in [7, 11) is -2.92. The van der Waals surface area contributed by atoms with Crippen LogP contribution in [0.1, 0.15) is 52.4 Å². The second-order valence-electron chi connectivity index (χ2n) is 6.82. The lowest BCUT2D eigenvalue weighted by atomic mass is 10.3. The summed E-state index contributed by atoms with van der Waals surface area (Å²) in [4.78, 5) is 0. The van der Waals surface area contributed by atoms with Gasteiger partial charge in [0, 0.05) is 13.2 Å². The van der Waals surface area contributed by atoms with Crippen LogP contribution in [0.3, 0.4) is 0 Å². The summed E-state index contributed by atoms with van der Waals surface area (Å²) in [5.74, 6) is 0.452. The molecule has 2 aromatic rings. The molecule has 0 aliphatic carbocycles.